The second kappa shape index (κ2) is 5.26. The average molecular weight is 325 g/mol. The molecule has 4 rings (SSSR count). The zero-order valence-electron chi connectivity index (χ0n) is 12.2. The third-order valence-corrected chi connectivity index (χ3v) is 3.85. The molecular weight excluding hydrogens is 315 g/mol. The monoisotopic (exact) mass is 325 g/mol. The molecule has 24 heavy (non-hydrogen) atoms. The van der Waals surface area contributed by atoms with E-state index in [-0.39, 0.29) is 0 Å². The Kier molecular flexibility index (Phi) is 3.19. The topological polar surface area (TPSA) is 38.7 Å². The summed E-state index contributed by atoms with van der Waals surface area (Å²) < 4.78 is 37.9. The molecule has 2 heterocycles. The van der Waals surface area contributed by atoms with Crippen LogP contribution < -0.4 is 0 Å². The van der Waals surface area contributed by atoms with Crippen molar-refractivity contribution in [1.29, 1.82) is 0 Å². The summed E-state index contributed by atoms with van der Waals surface area (Å²) >= 11 is 0. The molecular formula is C18H10F3N3. The summed E-state index contributed by atoms with van der Waals surface area (Å²) in [7, 11) is 0. The Morgan fingerprint density at radius 2 is 1.58 bits per heavy atom. The molecule has 0 atom stereocenters. The van der Waals surface area contributed by atoms with Crippen molar-refractivity contribution in [1.82, 2.24) is 15.0 Å². The Balaban J connectivity index is 1.82. The van der Waals surface area contributed by atoms with Gasteiger partial charge < -0.3 is 0 Å². The Hall–Kier alpha value is -3.02. The predicted octanol–water partition coefficient (Wildman–Crippen LogP) is 4.86. The SMILES string of the molecule is FC(F)(F)c1ccc(-c2ncc3c(ccc4cnccc43)n2)cc1. The van der Waals surface area contributed by atoms with Crippen molar-refractivity contribution in [3.8, 4) is 11.4 Å². The molecule has 0 saturated carbocycles. The van der Waals surface area contributed by atoms with E-state index in [0.29, 0.717) is 11.4 Å². The minimum absolute atomic E-state index is 0.393. The van der Waals surface area contributed by atoms with E-state index < -0.39 is 11.7 Å². The average Bonchev–Trinajstić information content (AvgIpc) is 2.60. The lowest BCUT2D eigenvalue weighted by molar-refractivity contribution is -0.137. The van der Waals surface area contributed by atoms with Crippen LogP contribution in [-0.2, 0) is 6.18 Å². The third-order valence-electron chi connectivity index (χ3n) is 3.85. The summed E-state index contributed by atoms with van der Waals surface area (Å²) in [4.78, 5) is 12.9. The largest absolute Gasteiger partial charge is 0.416 e. The fraction of sp³-hybridized carbons (Fsp3) is 0.0556. The molecule has 0 spiro atoms. The fourth-order valence-electron chi connectivity index (χ4n) is 2.63. The number of benzene rings is 2. The molecule has 6 heteroatoms. The first kappa shape index (κ1) is 14.6. The Bertz CT molecular complexity index is 1040. The van der Waals surface area contributed by atoms with Gasteiger partial charge in [-0.15, -0.1) is 0 Å². The normalized spacial score (nSPS) is 12.0. The Morgan fingerprint density at radius 1 is 0.792 bits per heavy atom. The number of halogens is 3. The van der Waals surface area contributed by atoms with Gasteiger partial charge in [0.2, 0.25) is 0 Å². The maximum atomic E-state index is 12.6. The van der Waals surface area contributed by atoms with Gasteiger partial charge in [-0.2, -0.15) is 13.2 Å². The minimum Gasteiger partial charge on any atom is -0.264 e. The molecule has 0 bridgehead atoms. The lowest BCUT2D eigenvalue weighted by Crippen LogP contribution is -2.04. The highest BCUT2D eigenvalue weighted by Gasteiger charge is 2.30. The number of rotatable bonds is 1. The van der Waals surface area contributed by atoms with Crippen LogP contribution in [-0.4, -0.2) is 15.0 Å². The molecule has 2 aromatic heterocycles. The van der Waals surface area contributed by atoms with Gasteiger partial charge in [0.1, 0.15) is 0 Å². The Morgan fingerprint density at radius 3 is 2.33 bits per heavy atom. The molecule has 0 radical (unpaired) electrons. The molecule has 0 aliphatic heterocycles. The van der Waals surface area contributed by atoms with Gasteiger partial charge in [-0.3, -0.25) is 4.98 Å². The first-order valence-electron chi connectivity index (χ1n) is 7.19. The first-order valence-corrected chi connectivity index (χ1v) is 7.19. The lowest BCUT2D eigenvalue weighted by atomic mass is 10.1. The van der Waals surface area contributed by atoms with Crippen LogP contribution in [0.15, 0.2) is 61.1 Å². The van der Waals surface area contributed by atoms with Gasteiger partial charge in [-0.25, -0.2) is 9.97 Å². The summed E-state index contributed by atoms with van der Waals surface area (Å²) in [5.74, 6) is 0.393. The maximum Gasteiger partial charge on any atom is 0.416 e. The van der Waals surface area contributed by atoms with Gasteiger partial charge in [0, 0.05) is 34.9 Å². The number of hydrogen-bond acceptors (Lipinski definition) is 3. The molecule has 4 aromatic rings. The van der Waals surface area contributed by atoms with E-state index in [9.17, 15) is 13.2 Å². The summed E-state index contributed by atoms with van der Waals surface area (Å²) in [6.07, 6.45) is 0.803. The van der Waals surface area contributed by atoms with Crippen molar-refractivity contribution >= 4 is 21.7 Å². The fourth-order valence-corrected chi connectivity index (χ4v) is 2.63. The van der Waals surface area contributed by atoms with Crippen molar-refractivity contribution in [2.75, 3.05) is 0 Å². The van der Waals surface area contributed by atoms with E-state index in [1.54, 1.807) is 18.6 Å². The number of alkyl halides is 3. The maximum absolute atomic E-state index is 12.6. The first-order chi connectivity index (χ1) is 11.5. The van der Waals surface area contributed by atoms with Crippen LogP contribution in [0.1, 0.15) is 5.56 Å². The lowest BCUT2D eigenvalue weighted by Gasteiger charge is -2.08. The zero-order valence-corrected chi connectivity index (χ0v) is 12.2. The molecule has 0 unspecified atom stereocenters. The van der Waals surface area contributed by atoms with Gasteiger partial charge in [0.15, 0.2) is 5.82 Å². The standard InChI is InChI=1S/C18H10F3N3/c19-18(20,21)13-4-1-11(2-5-13)17-23-10-15-14-7-8-22-9-12(14)3-6-16(15)24-17/h1-10H. The third kappa shape index (κ3) is 2.46. The molecule has 0 saturated heterocycles. The van der Waals surface area contributed by atoms with Crippen LogP contribution in [0.3, 0.4) is 0 Å². The quantitative estimate of drug-likeness (QED) is 0.469. The van der Waals surface area contributed by atoms with Crippen LogP contribution in [0.2, 0.25) is 0 Å². The van der Waals surface area contributed by atoms with Gasteiger partial charge >= 0.3 is 6.18 Å². The van der Waals surface area contributed by atoms with Crippen LogP contribution in [0, 0.1) is 0 Å². The number of aromatic nitrogens is 3. The zero-order chi connectivity index (χ0) is 16.7. The number of hydrogen-bond donors (Lipinski definition) is 0. The van der Waals surface area contributed by atoms with Crippen LogP contribution in [0.4, 0.5) is 13.2 Å². The second-order valence-electron chi connectivity index (χ2n) is 5.36. The van der Waals surface area contributed by atoms with Gasteiger partial charge in [0.25, 0.3) is 0 Å². The van der Waals surface area contributed by atoms with Gasteiger partial charge in [-0.1, -0.05) is 18.2 Å². The summed E-state index contributed by atoms with van der Waals surface area (Å²) in [6.45, 7) is 0. The number of nitrogens with zero attached hydrogens (tertiary/aromatic N) is 3. The second-order valence-corrected chi connectivity index (χ2v) is 5.36. The van der Waals surface area contributed by atoms with Crippen LogP contribution >= 0.6 is 0 Å². The molecule has 0 amide bonds. The Labute approximate surface area is 134 Å². The number of fused-ring (bicyclic) bond motifs is 3. The smallest absolute Gasteiger partial charge is 0.264 e. The van der Waals surface area contributed by atoms with Crippen LogP contribution in [0.5, 0.6) is 0 Å². The van der Waals surface area contributed by atoms with Crippen molar-refractivity contribution in [2.24, 2.45) is 0 Å². The molecule has 0 N–H and O–H groups in total. The van der Waals surface area contributed by atoms with Crippen molar-refractivity contribution in [3.63, 3.8) is 0 Å². The van der Waals surface area contributed by atoms with E-state index >= 15 is 0 Å². The molecule has 0 aliphatic carbocycles. The molecule has 0 aliphatic rings. The van der Waals surface area contributed by atoms with E-state index in [2.05, 4.69) is 15.0 Å². The van der Waals surface area contributed by atoms with E-state index in [1.165, 1.54) is 12.1 Å². The van der Waals surface area contributed by atoms with Crippen molar-refractivity contribution < 1.29 is 13.2 Å². The number of pyridine rings is 1. The summed E-state index contributed by atoms with van der Waals surface area (Å²) in [5, 5.41) is 2.85. The predicted molar refractivity (Wildman–Crippen MR) is 85.3 cm³/mol. The van der Waals surface area contributed by atoms with E-state index in [1.807, 2.05) is 18.2 Å². The summed E-state index contributed by atoms with van der Waals surface area (Å²) in [6, 6.07) is 10.5. The highest BCUT2D eigenvalue weighted by Crippen LogP contribution is 2.31. The highest BCUT2D eigenvalue weighted by molar-refractivity contribution is 6.05. The van der Waals surface area contributed by atoms with Crippen molar-refractivity contribution in [2.45, 2.75) is 6.18 Å². The highest BCUT2D eigenvalue weighted by atomic mass is 19.4. The van der Waals surface area contributed by atoms with Crippen LogP contribution in [0.25, 0.3) is 33.1 Å². The minimum atomic E-state index is -4.35. The molecule has 0 fully saturated rings. The summed E-state index contributed by atoms with van der Waals surface area (Å²) in [5.41, 5.74) is 0.587. The van der Waals surface area contributed by atoms with E-state index in [0.717, 1.165) is 33.8 Å². The van der Waals surface area contributed by atoms with E-state index in [4.69, 9.17) is 0 Å². The molecule has 118 valence electrons. The molecule has 2 aromatic carbocycles. The molecule has 3 nitrogen and oxygen atoms in total. The van der Waals surface area contributed by atoms with Crippen molar-refractivity contribution in [3.05, 3.63) is 66.6 Å². The van der Waals surface area contributed by atoms with Gasteiger partial charge in [-0.05, 0) is 29.7 Å². The van der Waals surface area contributed by atoms with Gasteiger partial charge in [0.05, 0.1) is 11.1 Å².